The molecular formula is C10H9FN4. The molecule has 2 aromatic heterocycles. The largest absolute Gasteiger partial charge is 0.396 e. The first kappa shape index (κ1) is 9.51. The molecule has 2 N–H and O–H groups in total. The Bertz CT molecular complexity index is 499. The standard InChI is InChI=1S/C10H9FN4/c1-6-9(12)5-14-10(15-6)7-2-8(11)4-13-3-7/h2-5H,12H2,1H3. The number of nitrogens with zero attached hydrogens (tertiary/aromatic N) is 3. The van der Waals surface area contributed by atoms with E-state index in [0.717, 1.165) is 6.20 Å². The Morgan fingerprint density at radius 3 is 2.73 bits per heavy atom. The molecule has 0 saturated carbocycles. The summed E-state index contributed by atoms with van der Waals surface area (Å²) in [6.07, 6.45) is 4.14. The van der Waals surface area contributed by atoms with Crippen LogP contribution in [0.4, 0.5) is 10.1 Å². The van der Waals surface area contributed by atoms with Gasteiger partial charge in [-0.2, -0.15) is 0 Å². The molecule has 0 fully saturated rings. The molecule has 2 rings (SSSR count). The molecule has 0 aliphatic heterocycles. The zero-order chi connectivity index (χ0) is 10.8. The van der Waals surface area contributed by atoms with E-state index in [4.69, 9.17) is 5.73 Å². The van der Waals surface area contributed by atoms with E-state index in [1.165, 1.54) is 18.5 Å². The van der Waals surface area contributed by atoms with E-state index in [1.807, 2.05) is 0 Å². The zero-order valence-electron chi connectivity index (χ0n) is 8.11. The van der Waals surface area contributed by atoms with E-state index in [9.17, 15) is 4.39 Å². The average molecular weight is 204 g/mol. The van der Waals surface area contributed by atoms with Gasteiger partial charge in [0, 0.05) is 11.8 Å². The quantitative estimate of drug-likeness (QED) is 0.765. The van der Waals surface area contributed by atoms with Crippen molar-refractivity contribution in [2.45, 2.75) is 6.92 Å². The minimum Gasteiger partial charge on any atom is -0.396 e. The molecule has 0 saturated heterocycles. The molecule has 2 aromatic rings. The fourth-order valence-corrected chi connectivity index (χ4v) is 1.15. The van der Waals surface area contributed by atoms with E-state index in [2.05, 4.69) is 15.0 Å². The molecule has 76 valence electrons. The lowest BCUT2D eigenvalue weighted by molar-refractivity contribution is 0.622. The second-order valence-electron chi connectivity index (χ2n) is 3.13. The van der Waals surface area contributed by atoms with Crippen molar-refractivity contribution in [3.8, 4) is 11.4 Å². The molecule has 4 nitrogen and oxygen atoms in total. The predicted molar refractivity (Wildman–Crippen MR) is 54.4 cm³/mol. The van der Waals surface area contributed by atoms with Gasteiger partial charge in [-0.15, -0.1) is 0 Å². The van der Waals surface area contributed by atoms with Gasteiger partial charge >= 0.3 is 0 Å². The Kier molecular flexibility index (Phi) is 2.29. The number of hydrogen-bond donors (Lipinski definition) is 1. The van der Waals surface area contributed by atoms with Crippen LogP contribution < -0.4 is 5.73 Å². The summed E-state index contributed by atoms with van der Waals surface area (Å²) in [5.41, 5.74) is 7.31. The van der Waals surface area contributed by atoms with Crippen LogP contribution >= 0.6 is 0 Å². The lowest BCUT2D eigenvalue weighted by atomic mass is 10.2. The van der Waals surface area contributed by atoms with E-state index in [1.54, 1.807) is 6.92 Å². The van der Waals surface area contributed by atoms with Crippen LogP contribution in [0.3, 0.4) is 0 Å². The molecule has 0 aliphatic carbocycles. The third-order valence-corrected chi connectivity index (χ3v) is 1.98. The van der Waals surface area contributed by atoms with Gasteiger partial charge < -0.3 is 5.73 Å². The monoisotopic (exact) mass is 204 g/mol. The summed E-state index contributed by atoms with van der Waals surface area (Å²) >= 11 is 0. The van der Waals surface area contributed by atoms with E-state index >= 15 is 0 Å². The van der Waals surface area contributed by atoms with E-state index in [-0.39, 0.29) is 0 Å². The molecule has 0 aliphatic rings. The first-order valence-electron chi connectivity index (χ1n) is 4.37. The number of nitrogens with two attached hydrogens (primary N) is 1. The first-order chi connectivity index (χ1) is 7.16. The van der Waals surface area contributed by atoms with Crippen molar-refractivity contribution in [2.24, 2.45) is 0 Å². The molecule has 0 radical (unpaired) electrons. The Balaban J connectivity index is 2.50. The van der Waals surface area contributed by atoms with Gasteiger partial charge in [0.15, 0.2) is 5.82 Å². The van der Waals surface area contributed by atoms with Gasteiger partial charge in [0.2, 0.25) is 0 Å². The Morgan fingerprint density at radius 2 is 2.07 bits per heavy atom. The second-order valence-corrected chi connectivity index (χ2v) is 3.13. The number of aryl methyl sites for hydroxylation is 1. The van der Waals surface area contributed by atoms with Crippen molar-refractivity contribution in [1.29, 1.82) is 0 Å². The van der Waals surface area contributed by atoms with E-state index < -0.39 is 5.82 Å². The van der Waals surface area contributed by atoms with E-state index in [0.29, 0.717) is 22.8 Å². The van der Waals surface area contributed by atoms with Crippen molar-refractivity contribution < 1.29 is 4.39 Å². The summed E-state index contributed by atoms with van der Waals surface area (Å²) in [7, 11) is 0. The lowest BCUT2D eigenvalue weighted by Gasteiger charge is -2.02. The van der Waals surface area contributed by atoms with Crippen molar-refractivity contribution >= 4 is 5.69 Å². The third-order valence-electron chi connectivity index (χ3n) is 1.98. The van der Waals surface area contributed by atoms with Gasteiger partial charge in [0.05, 0.1) is 23.8 Å². The van der Waals surface area contributed by atoms with Crippen molar-refractivity contribution in [1.82, 2.24) is 15.0 Å². The fourth-order valence-electron chi connectivity index (χ4n) is 1.15. The third kappa shape index (κ3) is 1.90. The number of anilines is 1. The number of nitrogen functional groups attached to an aromatic ring is 1. The number of halogens is 1. The van der Waals surface area contributed by atoms with Crippen molar-refractivity contribution in [3.05, 3.63) is 36.2 Å². The van der Waals surface area contributed by atoms with Gasteiger partial charge in [-0.05, 0) is 13.0 Å². The molecule has 0 spiro atoms. The minimum atomic E-state index is -0.412. The highest BCUT2D eigenvalue weighted by molar-refractivity contribution is 5.55. The maximum absolute atomic E-state index is 12.9. The van der Waals surface area contributed by atoms with Gasteiger partial charge in [-0.25, -0.2) is 14.4 Å². The maximum Gasteiger partial charge on any atom is 0.161 e. The van der Waals surface area contributed by atoms with Crippen LogP contribution in [0.15, 0.2) is 24.7 Å². The molecule has 2 heterocycles. The molecule has 15 heavy (non-hydrogen) atoms. The Labute approximate surface area is 86.0 Å². The highest BCUT2D eigenvalue weighted by atomic mass is 19.1. The molecule has 5 heteroatoms. The molecule has 0 amide bonds. The fraction of sp³-hybridized carbons (Fsp3) is 0.100. The highest BCUT2D eigenvalue weighted by Crippen LogP contribution is 2.16. The number of rotatable bonds is 1. The first-order valence-corrected chi connectivity index (χ1v) is 4.37. The smallest absolute Gasteiger partial charge is 0.161 e. The number of hydrogen-bond acceptors (Lipinski definition) is 4. The van der Waals surface area contributed by atoms with Crippen LogP contribution in [0.1, 0.15) is 5.69 Å². The Morgan fingerprint density at radius 1 is 1.27 bits per heavy atom. The van der Waals surface area contributed by atoms with Crippen LogP contribution in [0.25, 0.3) is 11.4 Å². The van der Waals surface area contributed by atoms with Crippen molar-refractivity contribution in [2.75, 3.05) is 5.73 Å². The summed E-state index contributed by atoms with van der Waals surface area (Å²) in [6.45, 7) is 1.77. The van der Waals surface area contributed by atoms with Gasteiger partial charge in [-0.3, -0.25) is 4.98 Å². The Hall–Kier alpha value is -2.04. The zero-order valence-corrected chi connectivity index (χ0v) is 8.11. The van der Waals surface area contributed by atoms with Crippen LogP contribution in [0.5, 0.6) is 0 Å². The topological polar surface area (TPSA) is 64.7 Å². The van der Waals surface area contributed by atoms with Gasteiger partial charge in [0.25, 0.3) is 0 Å². The second kappa shape index (κ2) is 3.61. The molecule has 0 bridgehead atoms. The SMILES string of the molecule is Cc1nc(-c2cncc(F)c2)ncc1N. The molecule has 0 unspecified atom stereocenters. The summed E-state index contributed by atoms with van der Waals surface area (Å²) in [5, 5.41) is 0. The minimum absolute atomic E-state index is 0.412. The van der Waals surface area contributed by atoms with Gasteiger partial charge in [0.1, 0.15) is 5.82 Å². The molecule has 0 atom stereocenters. The molecular weight excluding hydrogens is 195 g/mol. The highest BCUT2D eigenvalue weighted by Gasteiger charge is 2.04. The van der Waals surface area contributed by atoms with Crippen LogP contribution in [-0.2, 0) is 0 Å². The summed E-state index contributed by atoms with van der Waals surface area (Å²) in [4.78, 5) is 11.9. The average Bonchev–Trinajstić information content (AvgIpc) is 2.22. The maximum atomic E-state index is 12.9. The van der Waals surface area contributed by atoms with Crippen molar-refractivity contribution in [3.63, 3.8) is 0 Å². The van der Waals surface area contributed by atoms with Gasteiger partial charge in [-0.1, -0.05) is 0 Å². The normalized spacial score (nSPS) is 10.3. The number of aromatic nitrogens is 3. The molecule has 0 aromatic carbocycles. The van der Waals surface area contributed by atoms with Crippen LogP contribution in [0.2, 0.25) is 0 Å². The van der Waals surface area contributed by atoms with Crippen LogP contribution in [0, 0.1) is 12.7 Å². The summed E-state index contributed by atoms with van der Waals surface area (Å²) < 4.78 is 12.9. The summed E-state index contributed by atoms with van der Waals surface area (Å²) in [6, 6.07) is 1.33. The lowest BCUT2D eigenvalue weighted by Crippen LogP contribution is -1.98. The summed E-state index contributed by atoms with van der Waals surface area (Å²) in [5.74, 6) is 0.0132. The number of pyridine rings is 1. The predicted octanol–water partition coefficient (Wildman–Crippen LogP) is 1.57. The van der Waals surface area contributed by atoms with Crippen LogP contribution in [-0.4, -0.2) is 15.0 Å².